The van der Waals surface area contributed by atoms with Crippen molar-refractivity contribution in [2.75, 3.05) is 13.2 Å². The highest BCUT2D eigenvalue weighted by Gasteiger charge is 2.11. The molecule has 0 saturated heterocycles. The highest BCUT2D eigenvalue weighted by atomic mass is 32.1. The van der Waals surface area contributed by atoms with Crippen LogP contribution >= 0.6 is 11.3 Å². The molecule has 2 aromatic rings. The lowest BCUT2D eigenvalue weighted by Gasteiger charge is -2.13. The van der Waals surface area contributed by atoms with Crippen LogP contribution in [0.25, 0.3) is 0 Å². The first-order valence-electron chi connectivity index (χ1n) is 7.78. The first-order valence-corrected chi connectivity index (χ1v) is 8.66. The van der Waals surface area contributed by atoms with Gasteiger partial charge in [-0.3, -0.25) is 0 Å². The Hall–Kier alpha value is -1.32. The maximum absolute atomic E-state index is 5.92. The van der Waals surface area contributed by atoms with E-state index in [-0.39, 0.29) is 0 Å². The first kappa shape index (κ1) is 16.1. The van der Waals surface area contributed by atoms with Crippen LogP contribution in [0, 0.1) is 0 Å². The molecule has 3 heteroatoms. The zero-order valence-electron chi connectivity index (χ0n) is 12.8. The standard InChI is InChI=1S/C18H25NOS/c1-2-3-4-11-20-17-9-7-15(8-10-17)13-16(14-19)18-6-5-12-21-18/h5-10,12,16H,2-4,11,13-14,19H2,1H3. The van der Waals surface area contributed by atoms with Gasteiger partial charge in [0.25, 0.3) is 0 Å². The molecule has 0 radical (unpaired) electrons. The number of benzene rings is 1. The summed E-state index contributed by atoms with van der Waals surface area (Å²) in [6.07, 6.45) is 4.58. The molecule has 0 bridgehead atoms. The van der Waals surface area contributed by atoms with Crippen LogP contribution < -0.4 is 10.5 Å². The molecule has 0 aliphatic carbocycles. The number of hydrogen-bond acceptors (Lipinski definition) is 3. The molecule has 2 nitrogen and oxygen atoms in total. The second-order valence-corrected chi connectivity index (χ2v) is 6.33. The molecule has 0 aliphatic heterocycles. The average molecular weight is 303 g/mol. The molecule has 21 heavy (non-hydrogen) atoms. The van der Waals surface area contributed by atoms with Crippen LogP contribution in [0.3, 0.4) is 0 Å². The van der Waals surface area contributed by atoms with E-state index in [0.717, 1.165) is 25.2 Å². The van der Waals surface area contributed by atoms with Crippen LogP contribution in [0.2, 0.25) is 0 Å². The average Bonchev–Trinajstić information content (AvgIpc) is 3.05. The van der Waals surface area contributed by atoms with Gasteiger partial charge in [-0.2, -0.15) is 0 Å². The second kappa shape index (κ2) is 8.85. The molecule has 0 aliphatic rings. The van der Waals surface area contributed by atoms with E-state index in [0.29, 0.717) is 12.5 Å². The SMILES string of the molecule is CCCCCOc1ccc(CC(CN)c2cccs2)cc1. The fraction of sp³-hybridized carbons (Fsp3) is 0.444. The summed E-state index contributed by atoms with van der Waals surface area (Å²) in [6.45, 7) is 3.71. The number of nitrogens with two attached hydrogens (primary N) is 1. The van der Waals surface area contributed by atoms with Gasteiger partial charge in [0.15, 0.2) is 0 Å². The largest absolute Gasteiger partial charge is 0.494 e. The van der Waals surface area contributed by atoms with Crippen molar-refractivity contribution < 1.29 is 4.74 Å². The van der Waals surface area contributed by atoms with Gasteiger partial charge in [-0.25, -0.2) is 0 Å². The molecule has 1 aromatic carbocycles. The highest BCUT2D eigenvalue weighted by molar-refractivity contribution is 7.10. The second-order valence-electron chi connectivity index (χ2n) is 5.35. The molecule has 2 rings (SSSR count). The molecule has 2 N–H and O–H groups in total. The van der Waals surface area contributed by atoms with E-state index >= 15 is 0 Å². The molecular weight excluding hydrogens is 278 g/mol. The van der Waals surface area contributed by atoms with E-state index in [4.69, 9.17) is 10.5 Å². The van der Waals surface area contributed by atoms with Crippen molar-refractivity contribution in [2.45, 2.75) is 38.5 Å². The van der Waals surface area contributed by atoms with Crippen LogP contribution in [0.15, 0.2) is 41.8 Å². The maximum Gasteiger partial charge on any atom is 0.119 e. The van der Waals surface area contributed by atoms with Gasteiger partial charge in [0.05, 0.1) is 6.61 Å². The number of ether oxygens (including phenoxy) is 1. The third-order valence-electron chi connectivity index (χ3n) is 3.65. The topological polar surface area (TPSA) is 35.2 Å². The third-order valence-corrected chi connectivity index (χ3v) is 4.69. The van der Waals surface area contributed by atoms with E-state index in [1.165, 1.54) is 23.3 Å². The van der Waals surface area contributed by atoms with Crippen LogP contribution in [-0.4, -0.2) is 13.2 Å². The minimum absolute atomic E-state index is 0.418. The summed E-state index contributed by atoms with van der Waals surface area (Å²) in [4.78, 5) is 1.37. The van der Waals surface area contributed by atoms with Gasteiger partial charge in [-0.15, -0.1) is 11.3 Å². The van der Waals surface area contributed by atoms with Crippen molar-refractivity contribution in [1.29, 1.82) is 0 Å². The van der Waals surface area contributed by atoms with Crippen LogP contribution in [0.5, 0.6) is 5.75 Å². The summed E-state index contributed by atoms with van der Waals surface area (Å²) in [7, 11) is 0. The lowest BCUT2D eigenvalue weighted by Crippen LogP contribution is -2.13. The van der Waals surface area contributed by atoms with Gasteiger partial charge in [-0.05, 0) is 42.0 Å². The molecule has 1 heterocycles. The van der Waals surface area contributed by atoms with Crippen LogP contribution in [0.1, 0.15) is 42.5 Å². The summed E-state index contributed by atoms with van der Waals surface area (Å²) < 4.78 is 5.74. The van der Waals surface area contributed by atoms with Crippen molar-refractivity contribution in [3.8, 4) is 5.75 Å². The lowest BCUT2D eigenvalue weighted by atomic mass is 9.98. The van der Waals surface area contributed by atoms with Crippen molar-refractivity contribution >= 4 is 11.3 Å². The Balaban J connectivity index is 1.86. The smallest absolute Gasteiger partial charge is 0.119 e. The minimum atomic E-state index is 0.418. The normalized spacial score (nSPS) is 12.3. The van der Waals surface area contributed by atoms with Crippen molar-refractivity contribution in [3.05, 3.63) is 52.2 Å². The van der Waals surface area contributed by atoms with Crippen molar-refractivity contribution in [2.24, 2.45) is 5.73 Å². The van der Waals surface area contributed by atoms with Crippen LogP contribution in [-0.2, 0) is 6.42 Å². The number of unbranched alkanes of at least 4 members (excludes halogenated alkanes) is 2. The number of thiophene rings is 1. The summed E-state index contributed by atoms with van der Waals surface area (Å²) in [5.41, 5.74) is 7.24. The third kappa shape index (κ3) is 5.18. The van der Waals surface area contributed by atoms with Gasteiger partial charge in [0.2, 0.25) is 0 Å². The summed E-state index contributed by atoms with van der Waals surface area (Å²) in [5.74, 6) is 1.39. The Morgan fingerprint density at radius 3 is 2.57 bits per heavy atom. The van der Waals surface area contributed by atoms with E-state index in [1.807, 2.05) is 0 Å². The van der Waals surface area contributed by atoms with E-state index < -0.39 is 0 Å². The van der Waals surface area contributed by atoms with Gasteiger partial charge in [0.1, 0.15) is 5.75 Å². The fourth-order valence-electron chi connectivity index (χ4n) is 2.37. The zero-order chi connectivity index (χ0) is 14.9. The molecule has 114 valence electrons. The molecule has 1 unspecified atom stereocenters. The van der Waals surface area contributed by atoms with E-state index in [2.05, 4.69) is 48.7 Å². The minimum Gasteiger partial charge on any atom is -0.494 e. The van der Waals surface area contributed by atoms with Gasteiger partial charge < -0.3 is 10.5 Å². The summed E-state index contributed by atoms with van der Waals surface area (Å²) in [6, 6.07) is 12.7. The monoisotopic (exact) mass is 303 g/mol. The summed E-state index contributed by atoms with van der Waals surface area (Å²) in [5, 5.41) is 2.12. The summed E-state index contributed by atoms with van der Waals surface area (Å²) >= 11 is 1.79. The van der Waals surface area contributed by atoms with Gasteiger partial charge in [0, 0.05) is 17.3 Å². The predicted octanol–water partition coefficient (Wildman–Crippen LogP) is 4.60. The van der Waals surface area contributed by atoms with Crippen LogP contribution in [0.4, 0.5) is 0 Å². The molecule has 1 atom stereocenters. The quantitative estimate of drug-likeness (QED) is 0.687. The highest BCUT2D eigenvalue weighted by Crippen LogP contribution is 2.25. The predicted molar refractivity (Wildman–Crippen MR) is 91.3 cm³/mol. The molecule has 0 saturated carbocycles. The molecular formula is C18H25NOS. The van der Waals surface area contributed by atoms with E-state index in [1.54, 1.807) is 11.3 Å². The zero-order valence-corrected chi connectivity index (χ0v) is 13.6. The number of hydrogen-bond donors (Lipinski definition) is 1. The molecule has 1 aromatic heterocycles. The Kier molecular flexibility index (Phi) is 6.77. The Morgan fingerprint density at radius 1 is 1.14 bits per heavy atom. The molecule has 0 amide bonds. The maximum atomic E-state index is 5.92. The molecule has 0 fully saturated rings. The number of rotatable bonds is 9. The Labute approximate surface area is 132 Å². The van der Waals surface area contributed by atoms with E-state index in [9.17, 15) is 0 Å². The Morgan fingerprint density at radius 2 is 1.95 bits per heavy atom. The van der Waals surface area contributed by atoms with Gasteiger partial charge >= 0.3 is 0 Å². The first-order chi connectivity index (χ1) is 10.3. The Bertz CT molecular complexity index is 492. The van der Waals surface area contributed by atoms with Crippen molar-refractivity contribution in [1.82, 2.24) is 0 Å². The van der Waals surface area contributed by atoms with Crippen molar-refractivity contribution in [3.63, 3.8) is 0 Å². The fourth-order valence-corrected chi connectivity index (χ4v) is 3.22. The molecule has 0 spiro atoms. The lowest BCUT2D eigenvalue weighted by molar-refractivity contribution is 0.306. The van der Waals surface area contributed by atoms with Gasteiger partial charge in [-0.1, -0.05) is 38.0 Å².